The fraction of sp³-hybridized carbons (Fsp3) is 0.0526. The molecule has 3 aromatic rings. The van der Waals surface area contributed by atoms with E-state index in [4.69, 9.17) is 11.6 Å². The molecule has 27 heavy (non-hydrogen) atoms. The van der Waals surface area contributed by atoms with Gasteiger partial charge in [0.2, 0.25) is 0 Å². The summed E-state index contributed by atoms with van der Waals surface area (Å²) in [6, 6.07) is 13.6. The first-order valence-electron chi connectivity index (χ1n) is 7.90. The summed E-state index contributed by atoms with van der Waals surface area (Å²) >= 11 is 7.38. The highest BCUT2D eigenvalue weighted by molar-refractivity contribution is 7.98. The minimum Gasteiger partial charge on any atom is -0.320 e. The smallest absolute Gasteiger partial charge is 0.277 e. The van der Waals surface area contributed by atoms with Crippen LogP contribution in [-0.4, -0.2) is 28.0 Å². The number of carbonyl (C=O) groups excluding carboxylic acids is 2. The molecule has 3 rings (SSSR count). The Kier molecular flexibility index (Phi) is 6.05. The van der Waals surface area contributed by atoms with E-state index in [0.29, 0.717) is 22.1 Å². The maximum Gasteiger partial charge on any atom is 0.277 e. The summed E-state index contributed by atoms with van der Waals surface area (Å²) in [5.41, 5.74) is 0.883. The first kappa shape index (κ1) is 18.9. The van der Waals surface area contributed by atoms with E-state index >= 15 is 0 Å². The molecule has 2 heterocycles. The van der Waals surface area contributed by atoms with E-state index in [-0.39, 0.29) is 11.6 Å². The van der Waals surface area contributed by atoms with Crippen molar-refractivity contribution >= 4 is 46.7 Å². The molecule has 0 saturated carbocycles. The van der Waals surface area contributed by atoms with Gasteiger partial charge in [0.1, 0.15) is 5.82 Å². The summed E-state index contributed by atoms with van der Waals surface area (Å²) in [7, 11) is 0. The minimum absolute atomic E-state index is 0.0864. The molecule has 6 nitrogen and oxygen atoms in total. The zero-order chi connectivity index (χ0) is 19.2. The predicted octanol–water partition coefficient (Wildman–Crippen LogP) is 4.36. The SMILES string of the molecule is CSc1ccc(C(=O)Nc2cccnc2C(=O)Nc2ccc(Cl)cn2)cc1. The summed E-state index contributed by atoms with van der Waals surface area (Å²) in [6.07, 6.45) is 4.87. The molecular weight excluding hydrogens is 384 g/mol. The number of thioether (sulfide) groups is 1. The van der Waals surface area contributed by atoms with Crippen molar-refractivity contribution in [2.75, 3.05) is 16.9 Å². The summed E-state index contributed by atoms with van der Waals surface area (Å²) in [5, 5.41) is 5.82. The van der Waals surface area contributed by atoms with E-state index in [1.54, 1.807) is 48.2 Å². The predicted molar refractivity (Wildman–Crippen MR) is 108 cm³/mol. The van der Waals surface area contributed by atoms with Crippen LogP contribution < -0.4 is 10.6 Å². The monoisotopic (exact) mass is 398 g/mol. The van der Waals surface area contributed by atoms with Gasteiger partial charge in [0.15, 0.2) is 5.69 Å². The first-order valence-corrected chi connectivity index (χ1v) is 9.50. The minimum atomic E-state index is -0.488. The van der Waals surface area contributed by atoms with Gasteiger partial charge in [-0.05, 0) is 54.8 Å². The molecule has 0 aliphatic rings. The van der Waals surface area contributed by atoms with Gasteiger partial charge in [-0.15, -0.1) is 11.8 Å². The molecule has 2 amide bonds. The topological polar surface area (TPSA) is 84.0 Å². The Morgan fingerprint density at radius 2 is 1.74 bits per heavy atom. The average molecular weight is 399 g/mol. The van der Waals surface area contributed by atoms with Crippen molar-refractivity contribution in [3.8, 4) is 0 Å². The average Bonchev–Trinajstić information content (AvgIpc) is 2.70. The highest BCUT2D eigenvalue weighted by Gasteiger charge is 2.16. The number of nitrogens with one attached hydrogen (secondary N) is 2. The second-order valence-corrected chi connectivity index (χ2v) is 6.71. The van der Waals surface area contributed by atoms with Gasteiger partial charge >= 0.3 is 0 Å². The van der Waals surface area contributed by atoms with E-state index in [0.717, 1.165) is 4.90 Å². The van der Waals surface area contributed by atoms with Crippen molar-refractivity contribution in [2.24, 2.45) is 0 Å². The number of rotatable bonds is 5. The Bertz CT molecular complexity index is 962. The van der Waals surface area contributed by atoms with Gasteiger partial charge < -0.3 is 10.6 Å². The molecule has 0 atom stereocenters. The van der Waals surface area contributed by atoms with Crippen LogP contribution in [0.3, 0.4) is 0 Å². The Labute approximate surface area is 165 Å². The zero-order valence-corrected chi connectivity index (χ0v) is 15.8. The first-order chi connectivity index (χ1) is 13.1. The summed E-state index contributed by atoms with van der Waals surface area (Å²) < 4.78 is 0. The van der Waals surface area contributed by atoms with Crippen molar-refractivity contribution in [1.29, 1.82) is 0 Å². The van der Waals surface area contributed by atoms with Crippen LogP contribution >= 0.6 is 23.4 Å². The van der Waals surface area contributed by atoms with Crippen molar-refractivity contribution in [2.45, 2.75) is 4.90 Å². The van der Waals surface area contributed by atoms with Crippen molar-refractivity contribution in [3.05, 3.63) is 77.2 Å². The highest BCUT2D eigenvalue weighted by Crippen LogP contribution is 2.18. The van der Waals surface area contributed by atoms with E-state index < -0.39 is 5.91 Å². The third kappa shape index (κ3) is 4.84. The molecule has 2 N–H and O–H groups in total. The summed E-state index contributed by atoms with van der Waals surface area (Å²) in [4.78, 5) is 34.2. The van der Waals surface area contributed by atoms with Crippen molar-refractivity contribution in [3.63, 3.8) is 0 Å². The van der Waals surface area contributed by atoms with Crippen LogP contribution in [0, 0.1) is 0 Å². The van der Waals surface area contributed by atoms with Crippen LogP contribution in [0.4, 0.5) is 11.5 Å². The Morgan fingerprint density at radius 3 is 2.41 bits per heavy atom. The maximum atomic E-state index is 12.5. The van der Waals surface area contributed by atoms with Crippen LogP contribution in [0.2, 0.25) is 5.02 Å². The zero-order valence-electron chi connectivity index (χ0n) is 14.3. The number of benzene rings is 1. The molecule has 0 saturated heterocycles. The molecule has 8 heteroatoms. The van der Waals surface area contributed by atoms with Gasteiger partial charge in [-0.2, -0.15) is 0 Å². The quantitative estimate of drug-likeness (QED) is 0.624. The van der Waals surface area contributed by atoms with Crippen LogP contribution in [-0.2, 0) is 0 Å². The third-order valence-electron chi connectivity index (χ3n) is 3.59. The summed E-state index contributed by atoms with van der Waals surface area (Å²) in [5.74, 6) is -0.479. The number of halogens is 1. The number of nitrogens with zero attached hydrogens (tertiary/aromatic N) is 2. The second kappa shape index (κ2) is 8.66. The molecule has 0 aliphatic heterocycles. The molecule has 0 unspecified atom stereocenters. The third-order valence-corrected chi connectivity index (χ3v) is 4.56. The number of aromatic nitrogens is 2. The van der Waals surface area contributed by atoms with E-state index in [9.17, 15) is 9.59 Å². The Morgan fingerprint density at radius 1 is 0.963 bits per heavy atom. The van der Waals surface area contributed by atoms with Crippen LogP contribution in [0.25, 0.3) is 0 Å². The number of carbonyl (C=O) groups is 2. The molecule has 136 valence electrons. The van der Waals surface area contributed by atoms with E-state index in [2.05, 4.69) is 20.6 Å². The Hall–Kier alpha value is -2.90. The van der Waals surface area contributed by atoms with Crippen molar-refractivity contribution < 1.29 is 9.59 Å². The summed E-state index contributed by atoms with van der Waals surface area (Å²) in [6.45, 7) is 0. The van der Waals surface area contributed by atoms with Gasteiger partial charge in [-0.1, -0.05) is 11.6 Å². The van der Waals surface area contributed by atoms with Crippen LogP contribution in [0.1, 0.15) is 20.8 Å². The molecule has 0 fully saturated rings. The van der Waals surface area contributed by atoms with Gasteiger partial charge in [0, 0.05) is 22.9 Å². The lowest BCUT2D eigenvalue weighted by Gasteiger charge is -2.10. The fourth-order valence-corrected chi connectivity index (χ4v) is 2.77. The van der Waals surface area contributed by atoms with E-state index in [1.807, 2.05) is 18.4 Å². The lowest BCUT2D eigenvalue weighted by atomic mass is 10.2. The number of amides is 2. The van der Waals surface area contributed by atoms with Crippen LogP contribution in [0.15, 0.2) is 65.8 Å². The molecule has 0 aliphatic carbocycles. The lowest BCUT2D eigenvalue weighted by molar-refractivity contribution is 0.102. The van der Waals surface area contributed by atoms with Crippen LogP contribution in [0.5, 0.6) is 0 Å². The van der Waals surface area contributed by atoms with E-state index in [1.165, 1.54) is 12.4 Å². The normalized spacial score (nSPS) is 10.3. The van der Waals surface area contributed by atoms with Gasteiger partial charge in [0.05, 0.1) is 10.7 Å². The molecular formula is C19H15ClN4O2S. The second-order valence-electron chi connectivity index (χ2n) is 5.40. The molecule has 1 aromatic carbocycles. The molecule has 2 aromatic heterocycles. The Balaban J connectivity index is 1.77. The van der Waals surface area contributed by atoms with Crippen molar-refractivity contribution in [1.82, 2.24) is 9.97 Å². The largest absolute Gasteiger partial charge is 0.320 e. The maximum absolute atomic E-state index is 12.5. The standard InChI is InChI=1S/C19H15ClN4O2S/c1-27-14-7-4-12(5-8-14)18(25)23-15-3-2-10-21-17(15)19(26)24-16-9-6-13(20)11-22-16/h2-11H,1H3,(H,23,25)(H,22,24,26). The number of pyridine rings is 2. The highest BCUT2D eigenvalue weighted by atomic mass is 35.5. The molecule has 0 bridgehead atoms. The van der Waals surface area contributed by atoms with Gasteiger partial charge in [-0.25, -0.2) is 9.97 Å². The van der Waals surface area contributed by atoms with Gasteiger partial charge in [-0.3, -0.25) is 9.59 Å². The molecule has 0 spiro atoms. The molecule has 0 radical (unpaired) electrons. The number of anilines is 2. The lowest BCUT2D eigenvalue weighted by Crippen LogP contribution is -2.20. The number of hydrogen-bond donors (Lipinski definition) is 2. The van der Waals surface area contributed by atoms with Gasteiger partial charge in [0.25, 0.3) is 11.8 Å². The number of hydrogen-bond acceptors (Lipinski definition) is 5. The fourth-order valence-electron chi connectivity index (χ4n) is 2.25.